The largest absolute Gasteiger partial charge is 0.386 e. The van der Waals surface area contributed by atoms with E-state index in [0.29, 0.717) is 35.8 Å². The molecule has 1 saturated heterocycles. The van der Waals surface area contributed by atoms with Crippen LogP contribution in [-0.2, 0) is 0 Å². The fourth-order valence-electron chi connectivity index (χ4n) is 5.58. The highest BCUT2D eigenvalue weighted by molar-refractivity contribution is 5.21. The smallest absolute Gasteiger partial charge is 0.0319 e. The van der Waals surface area contributed by atoms with Crippen molar-refractivity contribution in [2.24, 2.45) is 29.6 Å². The fourth-order valence-corrected chi connectivity index (χ4v) is 5.58. The van der Waals surface area contributed by atoms with Crippen molar-refractivity contribution in [1.29, 1.82) is 0 Å². The van der Waals surface area contributed by atoms with E-state index in [1.165, 1.54) is 36.2 Å². The third kappa shape index (κ3) is 7.14. The van der Waals surface area contributed by atoms with E-state index < -0.39 is 0 Å². The Morgan fingerprint density at radius 2 is 1.64 bits per heavy atom. The quantitative estimate of drug-likeness (QED) is 0.324. The number of hydrogen-bond acceptors (Lipinski definition) is 2. The van der Waals surface area contributed by atoms with E-state index in [0.717, 1.165) is 24.8 Å². The minimum atomic E-state index is 0.354. The zero-order valence-electron chi connectivity index (χ0n) is 22.9. The number of benzene rings is 1. The van der Waals surface area contributed by atoms with E-state index in [-0.39, 0.29) is 0 Å². The summed E-state index contributed by atoms with van der Waals surface area (Å²) in [6.07, 6.45) is 4.92. The molecule has 2 rings (SSSR count). The van der Waals surface area contributed by atoms with Crippen molar-refractivity contribution < 1.29 is 0 Å². The van der Waals surface area contributed by atoms with Crippen LogP contribution in [0.3, 0.4) is 0 Å². The van der Waals surface area contributed by atoms with Crippen molar-refractivity contribution in [2.45, 2.75) is 99.1 Å². The first-order chi connectivity index (χ1) is 15.6. The lowest BCUT2D eigenvalue weighted by Gasteiger charge is -2.38. The normalized spacial score (nSPS) is 22.7. The van der Waals surface area contributed by atoms with E-state index in [1.807, 2.05) is 0 Å². The van der Waals surface area contributed by atoms with Crippen LogP contribution < -0.4 is 5.32 Å². The zero-order chi connectivity index (χ0) is 24.7. The van der Waals surface area contributed by atoms with Gasteiger partial charge in [0, 0.05) is 35.9 Å². The molecule has 0 aromatic heterocycles. The molecule has 0 spiro atoms. The summed E-state index contributed by atoms with van der Waals surface area (Å²) in [6, 6.07) is 11.7. The molecule has 0 amide bonds. The van der Waals surface area contributed by atoms with E-state index in [2.05, 4.69) is 109 Å². The number of rotatable bonds is 13. The lowest BCUT2D eigenvalue weighted by molar-refractivity contribution is 0.187. The molecule has 2 nitrogen and oxygen atoms in total. The maximum Gasteiger partial charge on any atom is 0.0319 e. The van der Waals surface area contributed by atoms with Crippen LogP contribution in [0.2, 0.25) is 0 Å². The van der Waals surface area contributed by atoms with Gasteiger partial charge in [-0.2, -0.15) is 0 Å². The van der Waals surface area contributed by atoms with Crippen LogP contribution in [0.25, 0.3) is 0 Å². The van der Waals surface area contributed by atoms with Gasteiger partial charge in [0.25, 0.3) is 0 Å². The molecule has 0 aliphatic carbocycles. The van der Waals surface area contributed by atoms with Gasteiger partial charge in [0.05, 0.1) is 0 Å². The number of nitrogens with zero attached hydrogens (tertiary/aromatic N) is 1. The summed E-state index contributed by atoms with van der Waals surface area (Å²) in [5.74, 6) is 3.61. The van der Waals surface area contributed by atoms with E-state index in [4.69, 9.17) is 0 Å². The van der Waals surface area contributed by atoms with Gasteiger partial charge in [-0.1, -0.05) is 98.4 Å². The Morgan fingerprint density at radius 1 is 1.00 bits per heavy atom. The van der Waals surface area contributed by atoms with Crippen LogP contribution in [0.1, 0.15) is 92.6 Å². The van der Waals surface area contributed by atoms with Crippen molar-refractivity contribution in [3.8, 4) is 0 Å². The van der Waals surface area contributed by atoms with Crippen LogP contribution in [0, 0.1) is 29.6 Å². The molecule has 0 bridgehead atoms. The third-order valence-corrected chi connectivity index (χ3v) is 9.14. The number of allylic oxidation sites excluding steroid dienone is 2. The maximum absolute atomic E-state index is 4.57. The zero-order valence-corrected chi connectivity index (χ0v) is 22.9. The Hall–Kier alpha value is -1.70. The Morgan fingerprint density at radius 3 is 2.24 bits per heavy atom. The number of hydrogen-bond donors (Lipinski definition) is 1. The lowest BCUT2D eigenvalue weighted by atomic mass is 9.81. The van der Waals surface area contributed by atoms with Crippen LogP contribution in [0.15, 0.2) is 54.9 Å². The Bertz CT molecular complexity index is 739. The second kappa shape index (κ2) is 12.7. The molecule has 0 saturated carbocycles. The monoisotopic (exact) mass is 452 g/mol. The minimum absolute atomic E-state index is 0.354. The first kappa shape index (κ1) is 27.5. The van der Waals surface area contributed by atoms with Crippen molar-refractivity contribution in [1.82, 2.24) is 10.2 Å². The van der Waals surface area contributed by atoms with Crippen molar-refractivity contribution in [3.63, 3.8) is 0 Å². The number of likely N-dealkylation sites (tertiary alicyclic amines) is 1. The van der Waals surface area contributed by atoms with Gasteiger partial charge in [0.2, 0.25) is 0 Å². The van der Waals surface area contributed by atoms with Crippen LogP contribution in [0.4, 0.5) is 0 Å². The molecule has 33 heavy (non-hydrogen) atoms. The van der Waals surface area contributed by atoms with Crippen LogP contribution in [0.5, 0.6) is 0 Å². The molecule has 1 fully saturated rings. The van der Waals surface area contributed by atoms with Gasteiger partial charge in [0.15, 0.2) is 0 Å². The van der Waals surface area contributed by atoms with Crippen molar-refractivity contribution in [3.05, 3.63) is 60.4 Å². The van der Waals surface area contributed by atoms with Gasteiger partial charge < -0.3 is 10.2 Å². The first-order valence-electron chi connectivity index (χ1n) is 13.5. The summed E-state index contributed by atoms with van der Waals surface area (Å²) in [7, 11) is 0. The Kier molecular flexibility index (Phi) is 10.6. The molecule has 0 radical (unpaired) electrons. The highest BCUT2D eigenvalue weighted by atomic mass is 15.2. The van der Waals surface area contributed by atoms with E-state index in [1.54, 1.807) is 0 Å². The van der Waals surface area contributed by atoms with Gasteiger partial charge in [-0.15, -0.1) is 0 Å². The van der Waals surface area contributed by atoms with Gasteiger partial charge in [0.1, 0.15) is 0 Å². The fraction of sp³-hybridized carbons (Fsp3) is 0.677. The van der Waals surface area contributed by atoms with Gasteiger partial charge in [-0.05, 0) is 61.3 Å². The summed E-state index contributed by atoms with van der Waals surface area (Å²) in [5, 5.41) is 3.76. The summed E-state index contributed by atoms with van der Waals surface area (Å²) in [4.78, 5) is 2.64. The third-order valence-electron chi connectivity index (χ3n) is 9.14. The summed E-state index contributed by atoms with van der Waals surface area (Å²) < 4.78 is 0. The second-order valence-corrected chi connectivity index (χ2v) is 11.2. The Labute approximate surface area is 205 Å². The van der Waals surface area contributed by atoms with E-state index >= 15 is 0 Å². The molecular formula is C31H52N2. The molecule has 1 aromatic carbocycles. The molecule has 8 atom stereocenters. The van der Waals surface area contributed by atoms with Crippen molar-refractivity contribution in [2.75, 3.05) is 6.54 Å². The minimum Gasteiger partial charge on any atom is -0.386 e. The van der Waals surface area contributed by atoms with Gasteiger partial charge in [-0.3, -0.25) is 0 Å². The molecule has 1 aromatic rings. The Balaban J connectivity index is 1.96. The molecule has 1 heterocycles. The standard InChI is InChI=1S/C31H52N2/c1-11-21(2)24(5)22(3)20-23(4)33-19-15-18-31(33)26(7)25(6)28(9)32-29(10)27(8)30-16-13-12-14-17-30/h12-14,16-17,21-22,24-27,29,31-32H,4,9,11,15,18-20H2,1-3,5-8,10H3/t21-,22?,24-,25+,26+,27+,29+,31-/m0/s1. The van der Waals surface area contributed by atoms with Gasteiger partial charge >= 0.3 is 0 Å². The van der Waals surface area contributed by atoms with E-state index in [9.17, 15) is 0 Å². The second-order valence-electron chi connectivity index (χ2n) is 11.2. The van der Waals surface area contributed by atoms with Crippen molar-refractivity contribution >= 4 is 0 Å². The molecule has 2 heteroatoms. The lowest BCUT2D eigenvalue weighted by Crippen LogP contribution is -2.40. The van der Waals surface area contributed by atoms with Gasteiger partial charge in [-0.25, -0.2) is 0 Å². The SMILES string of the molecule is C=C(N[C@H](C)[C@@H](C)c1ccccc1)[C@H](C)[C@@H](C)[C@@H]1CCCN1C(=C)CC(C)[C@@H](C)[C@@H](C)CC. The summed E-state index contributed by atoms with van der Waals surface area (Å²) in [5.41, 5.74) is 3.91. The molecule has 1 N–H and O–H groups in total. The molecule has 186 valence electrons. The predicted octanol–water partition coefficient (Wildman–Crippen LogP) is 8.24. The first-order valence-corrected chi connectivity index (χ1v) is 13.5. The topological polar surface area (TPSA) is 15.3 Å². The highest BCUT2D eigenvalue weighted by Crippen LogP contribution is 2.36. The number of nitrogens with one attached hydrogen (secondary N) is 1. The average Bonchev–Trinajstić information content (AvgIpc) is 3.32. The molecule has 1 aliphatic rings. The maximum atomic E-state index is 4.57. The average molecular weight is 453 g/mol. The molecular weight excluding hydrogens is 400 g/mol. The van der Waals surface area contributed by atoms with Crippen LogP contribution in [-0.4, -0.2) is 23.5 Å². The molecule has 1 unspecified atom stereocenters. The predicted molar refractivity (Wildman–Crippen MR) is 146 cm³/mol. The molecule has 1 aliphatic heterocycles. The summed E-state index contributed by atoms with van der Waals surface area (Å²) in [6.45, 7) is 29.1. The van der Waals surface area contributed by atoms with Crippen LogP contribution >= 0.6 is 0 Å². The highest BCUT2D eigenvalue weighted by Gasteiger charge is 2.34. The summed E-state index contributed by atoms with van der Waals surface area (Å²) >= 11 is 0.